The van der Waals surface area contributed by atoms with Gasteiger partial charge < -0.3 is 9.73 Å². The Kier molecular flexibility index (Phi) is 6.26. The van der Waals surface area contributed by atoms with Gasteiger partial charge in [-0.05, 0) is 22.5 Å². The minimum Gasteiger partial charge on any atom is -0.452 e. The molecular weight excluding hydrogens is 377 g/mol. The molecule has 0 saturated carbocycles. The van der Waals surface area contributed by atoms with E-state index in [9.17, 15) is 21.6 Å². The topological polar surface area (TPSA) is 62.6 Å². The van der Waals surface area contributed by atoms with Crippen LogP contribution in [0.25, 0.3) is 0 Å². The van der Waals surface area contributed by atoms with Gasteiger partial charge in [0.2, 0.25) is 10.0 Å². The smallest absolute Gasteiger partial charge is 0.390 e. The molecule has 1 aromatic heterocycles. The minimum absolute atomic E-state index is 0.0192. The highest BCUT2D eigenvalue weighted by atomic mass is 79.9. The van der Waals surface area contributed by atoms with Gasteiger partial charge >= 0.3 is 6.18 Å². The van der Waals surface area contributed by atoms with Gasteiger partial charge in [0.25, 0.3) is 0 Å². The van der Waals surface area contributed by atoms with Crippen LogP contribution >= 0.6 is 15.9 Å². The molecule has 0 atom stereocenters. The molecule has 0 spiro atoms. The van der Waals surface area contributed by atoms with E-state index in [1.165, 1.54) is 6.07 Å². The summed E-state index contributed by atoms with van der Waals surface area (Å²) >= 11 is 2.98. The first kappa shape index (κ1) is 18.5. The third-order valence-corrected chi connectivity index (χ3v) is 5.37. The van der Waals surface area contributed by atoms with Crippen molar-refractivity contribution in [3.63, 3.8) is 0 Å². The van der Waals surface area contributed by atoms with E-state index < -0.39 is 29.2 Å². The van der Waals surface area contributed by atoms with Crippen molar-refractivity contribution >= 4 is 26.0 Å². The summed E-state index contributed by atoms with van der Waals surface area (Å²) in [5, 5.41) is 2.96. The van der Waals surface area contributed by atoms with Gasteiger partial charge in [0.1, 0.15) is 10.7 Å². The molecule has 1 heterocycles. The first-order chi connectivity index (χ1) is 9.58. The van der Waals surface area contributed by atoms with Crippen LogP contribution in [0.4, 0.5) is 13.2 Å². The average Bonchev–Trinajstić information content (AvgIpc) is 2.74. The Morgan fingerprint density at radius 2 is 2.05 bits per heavy atom. The van der Waals surface area contributed by atoms with Crippen LogP contribution in [-0.2, 0) is 16.6 Å². The van der Waals surface area contributed by atoms with Crippen molar-refractivity contribution in [3.8, 4) is 0 Å². The maximum Gasteiger partial charge on any atom is 0.390 e. The monoisotopic (exact) mass is 392 g/mol. The number of rotatable bonds is 7. The molecule has 0 saturated heterocycles. The Balaban J connectivity index is 2.89. The van der Waals surface area contributed by atoms with Crippen LogP contribution in [0.15, 0.2) is 20.0 Å². The molecule has 0 amide bonds. The number of hydrogen-bond acceptors (Lipinski definition) is 4. The van der Waals surface area contributed by atoms with Gasteiger partial charge in [0.05, 0.1) is 13.0 Å². The van der Waals surface area contributed by atoms with E-state index in [0.717, 1.165) is 7.05 Å². The van der Waals surface area contributed by atoms with Crippen LogP contribution in [0.1, 0.15) is 19.1 Å². The highest BCUT2D eigenvalue weighted by Crippen LogP contribution is 2.29. The number of furan rings is 1. The zero-order valence-corrected chi connectivity index (χ0v) is 13.9. The zero-order valence-electron chi connectivity index (χ0n) is 11.5. The molecule has 0 aliphatic heterocycles. The van der Waals surface area contributed by atoms with E-state index in [1.807, 2.05) is 6.92 Å². The number of alkyl halides is 3. The Bertz CT molecular complexity index is 572. The van der Waals surface area contributed by atoms with E-state index >= 15 is 0 Å². The second-order valence-corrected chi connectivity index (χ2v) is 7.06. The third-order valence-electron chi connectivity index (χ3n) is 2.65. The van der Waals surface area contributed by atoms with Crippen molar-refractivity contribution in [3.05, 3.63) is 16.5 Å². The standard InChI is InChI=1S/C11H16BrF3N2O3S/c1-3-16-7-8-6-9(10(12)20-8)21(18,19)17(2)5-4-11(13,14)15/h6,16H,3-5,7H2,1-2H3. The molecule has 0 fully saturated rings. The van der Waals surface area contributed by atoms with Gasteiger partial charge in [-0.15, -0.1) is 0 Å². The van der Waals surface area contributed by atoms with Crippen molar-refractivity contribution in [2.75, 3.05) is 20.1 Å². The lowest BCUT2D eigenvalue weighted by Crippen LogP contribution is -2.30. The van der Waals surface area contributed by atoms with Gasteiger partial charge in [-0.25, -0.2) is 12.7 Å². The van der Waals surface area contributed by atoms with Gasteiger partial charge in [0.15, 0.2) is 4.67 Å². The highest BCUT2D eigenvalue weighted by Gasteiger charge is 2.32. The van der Waals surface area contributed by atoms with Crippen LogP contribution in [0.5, 0.6) is 0 Å². The number of sulfonamides is 1. The summed E-state index contributed by atoms with van der Waals surface area (Å²) in [7, 11) is -2.93. The van der Waals surface area contributed by atoms with E-state index in [0.29, 0.717) is 23.2 Å². The van der Waals surface area contributed by atoms with Crippen molar-refractivity contribution in [2.45, 2.75) is 31.0 Å². The lowest BCUT2D eigenvalue weighted by molar-refractivity contribution is -0.135. The first-order valence-electron chi connectivity index (χ1n) is 6.10. The summed E-state index contributed by atoms with van der Waals surface area (Å²) in [6.07, 6.45) is -5.62. The summed E-state index contributed by atoms with van der Waals surface area (Å²) in [5.41, 5.74) is 0. The number of hydrogen-bond donors (Lipinski definition) is 1. The summed E-state index contributed by atoms with van der Waals surface area (Å²) in [4.78, 5) is -0.180. The molecule has 10 heteroatoms. The molecule has 1 rings (SSSR count). The first-order valence-corrected chi connectivity index (χ1v) is 8.33. The molecule has 0 unspecified atom stereocenters. The minimum atomic E-state index is -4.41. The van der Waals surface area contributed by atoms with Crippen LogP contribution in [-0.4, -0.2) is 39.0 Å². The average molecular weight is 393 g/mol. The van der Waals surface area contributed by atoms with Gasteiger partial charge in [-0.1, -0.05) is 6.92 Å². The molecule has 0 aromatic carbocycles. The van der Waals surface area contributed by atoms with Gasteiger partial charge in [-0.3, -0.25) is 0 Å². The Labute approximate surface area is 129 Å². The van der Waals surface area contributed by atoms with E-state index in [1.54, 1.807) is 0 Å². The lowest BCUT2D eigenvalue weighted by Gasteiger charge is -2.17. The van der Waals surface area contributed by atoms with Crippen molar-refractivity contribution in [1.29, 1.82) is 0 Å². The molecule has 5 nitrogen and oxygen atoms in total. The molecule has 1 N–H and O–H groups in total. The van der Waals surface area contributed by atoms with E-state index in [4.69, 9.17) is 4.42 Å². The summed E-state index contributed by atoms with van der Waals surface area (Å²) in [5.74, 6) is 0.381. The summed E-state index contributed by atoms with van der Waals surface area (Å²) in [6, 6.07) is 1.30. The van der Waals surface area contributed by atoms with Crippen LogP contribution in [0.3, 0.4) is 0 Å². The molecule has 122 valence electrons. The second kappa shape index (κ2) is 7.12. The lowest BCUT2D eigenvalue weighted by atomic mass is 10.4. The van der Waals surface area contributed by atoms with E-state index in [2.05, 4.69) is 21.2 Å². The molecule has 0 bridgehead atoms. The molecule has 1 aromatic rings. The van der Waals surface area contributed by atoms with Gasteiger partial charge in [-0.2, -0.15) is 13.2 Å². The number of nitrogens with zero attached hydrogens (tertiary/aromatic N) is 1. The Morgan fingerprint density at radius 3 is 2.57 bits per heavy atom. The largest absolute Gasteiger partial charge is 0.452 e. The SMILES string of the molecule is CCNCc1cc(S(=O)(=O)N(C)CCC(F)(F)F)c(Br)o1. The predicted octanol–water partition coefficient (Wildman–Crippen LogP) is 2.72. The fourth-order valence-electron chi connectivity index (χ4n) is 1.48. The fraction of sp³-hybridized carbons (Fsp3) is 0.636. The highest BCUT2D eigenvalue weighted by molar-refractivity contribution is 9.10. The van der Waals surface area contributed by atoms with Crippen molar-refractivity contribution < 1.29 is 26.0 Å². The van der Waals surface area contributed by atoms with Crippen LogP contribution in [0, 0.1) is 0 Å². The van der Waals surface area contributed by atoms with Crippen LogP contribution in [0.2, 0.25) is 0 Å². The second-order valence-electron chi connectivity index (χ2n) is 4.32. The normalized spacial score (nSPS) is 13.1. The Hall–Kier alpha value is -0.580. The van der Waals surface area contributed by atoms with E-state index in [-0.39, 0.29) is 9.56 Å². The summed E-state index contributed by atoms with van der Waals surface area (Å²) in [6.45, 7) is 2.23. The molecule has 0 aliphatic rings. The van der Waals surface area contributed by atoms with Crippen molar-refractivity contribution in [2.24, 2.45) is 0 Å². The van der Waals surface area contributed by atoms with Gasteiger partial charge in [0, 0.05) is 19.7 Å². The predicted molar refractivity (Wildman–Crippen MR) is 74.3 cm³/mol. The molecule has 0 aliphatic carbocycles. The summed E-state index contributed by atoms with van der Waals surface area (Å²) < 4.78 is 66.8. The maximum absolute atomic E-state index is 12.2. The number of halogens is 4. The zero-order chi connectivity index (χ0) is 16.3. The molecule has 21 heavy (non-hydrogen) atoms. The Morgan fingerprint density at radius 1 is 1.43 bits per heavy atom. The fourth-order valence-corrected chi connectivity index (χ4v) is 3.61. The molecular formula is C11H16BrF3N2O3S. The third kappa shape index (κ3) is 5.28. The maximum atomic E-state index is 12.2. The van der Waals surface area contributed by atoms with Crippen molar-refractivity contribution in [1.82, 2.24) is 9.62 Å². The molecule has 0 radical (unpaired) electrons. The quantitative estimate of drug-likeness (QED) is 0.774. The van der Waals surface area contributed by atoms with Crippen LogP contribution < -0.4 is 5.32 Å². The number of nitrogens with one attached hydrogen (secondary N) is 1.